The summed E-state index contributed by atoms with van der Waals surface area (Å²) in [6.07, 6.45) is 3.50. The zero-order valence-electron chi connectivity index (χ0n) is 12.6. The molecule has 1 unspecified atom stereocenters. The average Bonchev–Trinajstić information content (AvgIpc) is 2.48. The van der Waals surface area contributed by atoms with Crippen molar-refractivity contribution in [2.45, 2.75) is 32.2 Å². The Morgan fingerprint density at radius 2 is 1.85 bits per heavy atom. The van der Waals surface area contributed by atoms with E-state index in [1.807, 2.05) is 18.2 Å². The van der Waals surface area contributed by atoms with E-state index in [-0.39, 0.29) is 12.1 Å². The number of hydrogen-bond donors (Lipinski definition) is 0. The average molecular weight is 276 g/mol. The molecule has 1 aliphatic heterocycles. The Kier molecular flexibility index (Phi) is 5.01. The maximum atomic E-state index is 11.8. The van der Waals surface area contributed by atoms with Gasteiger partial charge in [-0.05, 0) is 38.9 Å². The number of likely N-dealkylation sites (tertiary alicyclic amines) is 1. The number of nitrogens with zero attached hydrogens (tertiary/aromatic N) is 2. The zero-order valence-corrected chi connectivity index (χ0v) is 12.6. The standard InChI is InChI=1S/C16H24N2O2/c1-13(18-11-7-4-8-12-18)14-9-5-6-10-15(14)20-16(19)17(2)3/h5-6,9-10,13H,4,7-8,11-12H2,1-3H3. The fraction of sp³-hybridized carbons (Fsp3) is 0.562. The van der Waals surface area contributed by atoms with E-state index >= 15 is 0 Å². The molecular formula is C16H24N2O2. The zero-order chi connectivity index (χ0) is 14.5. The minimum absolute atomic E-state index is 0.279. The molecule has 0 spiro atoms. The van der Waals surface area contributed by atoms with Crippen molar-refractivity contribution in [1.29, 1.82) is 0 Å². The van der Waals surface area contributed by atoms with Crippen LogP contribution < -0.4 is 4.74 Å². The summed E-state index contributed by atoms with van der Waals surface area (Å²) in [7, 11) is 3.39. The monoisotopic (exact) mass is 276 g/mol. The van der Waals surface area contributed by atoms with Gasteiger partial charge in [0.15, 0.2) is 0 Å². The number of carbonyl (C=O) groups excluding carboxylic acids is 1. The van der Waals surface area contributed by atoms with Gasteiger partial charge in [0.2, 0.25) is 0 Å². The summed E-state index contributed by atoms with van der Waals surface area (Å²) in [6, 6.07) is 8.11. The predicted molar refractivity (Wildman–Crippen MR) is 80.0 cm³/mol. The van der Waals surface area contributed by atoms with Gasteiger partial charge in [-0.1, -0.05) is 24.6 Å². The minimum atomic E-state index is -0.330. The van der Waals surface area contributed by atoms with Crippen LogP contribution in [0.4, 0.5) is 4.79 Å². The first-order valence-electron chi connectivity index (χ1n) is 7.31. The number of para-hydroxylation sites is 1. The van der Waals surface area contributed by atoms with Crippen molar-refractivity contribution in [3.63, 3.8) is 0 Å². The van der Waals surface area contributed by atoms with Gasteiger partial charge in [-0.25, -0.2) is 4.79 Å². The summed E-state index contributed by atoms with van der Waals surface area (Å²) in [6.45, 7) is 4.43. The van der Waals surface area contributed by atoms with Crippen molar-refractivity contribution >= 4 is 6.09 Å². The van der Waals surface area contributed by atoms with Crippen LogP contribution in [0.25, 0.3) is 0 Å². The molecule has 1 atom stereocenters. The third kappa shape index (κ3) is 3.51. The molecule has 4 heteroatoms. The van der Waals surface area contributed by atoms with Crippen LogP contribution in [0, 0.1) is 0 Å². The number of piperidine rings is 1. The van der Waals surface area contributed by atoms with Crippen LogP contribution in [0.15, 0.2) is 24.3 Å². The van der Waals surface area contributed by atoms with Crippen molar-refractivity contribution in [3.8, 4) is 5.75 Å². The molecule has 110 valence electrons. The Morgan fingerprint density at radius 3 is 2.50 bits per heavy atom. The van der Waals surface area contributed by atoms with Gasteiger partial charge in [-0.15, -0.1) is 0 Å². The first kappa shape index (κ1) is 14.9. The Bertz CT molecular complexity index is 454. The highest BCUT2D eigenvalue weighted by atomic mass is 16.6. The van der Waals surface area contributed by atoms with E-state index in [1.54, 1.807) is 14.1 Å². The van der Waals surface area contributed by atoms with E-state index in [1.165, 1.54) is 24.2 Å². The number of rotatable bonds is 3. The van der Waals surface area contributed by atoms with Crippen LogP contribution in [-0.4, -0.2) is 43.1 Å². The third-order valence-corrected chi connectivity index (χ3v) is 3.87. The quantitative estimate of drug-likeness (QED) is 0.849. The summed E-state index contributed by atoms with van der Waals surface area (Å²) in [5.74, 6) is 0.671. The first-order chi connectivity index (χ1) is 9.59. The first-order valence-corrected chi connectivity index (χ1v) is 7.31. The second-order valence-electron chi connectivity index (χ2n) is 5.57. The van der Waals surface area contributed by atoms with Gasteiger partial charge in [-0.3, -0.25) is 4.90 Å². The largest absolute Gasteiger partial charge is 0.414 e. The molecule has 4 nitrogen and oxygen atoms in total. The highest BCUT2D eigenvalue weighted by Crippen LogP contribution is 2.31. The molecule has 0 radical (unpaired) electrons. The van der Waals surface area contributed by atoms with E-state index in [9.17, 15) is 4.79 Å². The molecule has 1 heterocycles. The highest BCUT2D eigenvalue weighted by molar-refractivity contribution is 5.70. The van der Waals surface area contributed by atoms with Crippen LogP contribution >= 0.6 is 0 Å². The van der Waals surface area contributed by atoms with Crippen LogP contribution in [0.3, 0.4) is 0 Å². The molecule has 20 heavy (non-hydrogen) atoms. The fourth-order valence-electron chi connectivity index (χ4n) is 2.61. The SMILES string of the molecule is CC(c1ccccc1OC(=O)N(C)C)N1CCCCC1. The van der Waals surface area contributed by atoms with E-state index in [2.05, 4.69) is 17.9 Å². The molecule has 1 fully saturated rings. The Labute approximate surface area is 121 Å². The lowest BCUT2D eigenvalue weighted by Crippen LogP contribution is -2.33. The van der Waals surface area contributed by atoms with Crippen LogP contribution in [0.2, 0.25) is 0 Å². The van der Waals surface area contributed by atoms with Crippen molar-refractivity contribution < 1.29 is 9.53 Å². The topological polar surface area (TPSA) is 32.8 Å². The van der Waals surface area contributed by atoms with E-state index in [0.717, 1.165) is 18.7 Å². The molecule has 1 aliphatic rings. The smallest absolute Gasteiger partial charge is 0.410 e. The Hall–Kier alpha value is -1.55. The van der Waals surface area contributed by atoms with Gasteiger partial charge < -0.3 is 9.64 Å². The van der Waals surface area contributed by atoms with Crippen LogP contribution in [0.5, 0.6) is 5.75 Å². The van der Waals surface area contributed by atoms with Crippen molar-refractivity contribution in [2.75, 3.05) is 27.2 Å². The normalized spacial score (nSPS) is 17.6. The molecule has 2 rings (SSSR count). The molecule has 1 aromatic rings. The van der Waals surface area contributed by atoms with Gasteiger partial charge in [0.25, 0.3) is 0 Å². The molecular weight excluding hydrogens is 252 g/mol. The molecule has 1 aromatic carbocycles. The summed E-state index contributed by atoms with van der Waals surface area (Å²) in [5, 5.41) is 0. The fourth-order valence-corrected chi connectivity index (χ4v) is 2.61. The molecule has 0 saturated carbocycles. The number of amides is 1. The maximum absolute atomic E-state index is 11.8. The summed E-state index contributed by atoms with van der Waals surface area (Å²) < 4.78 is 5.48. The van der Waals surface area contributed by atoms with E-state index in [0.29, 0.717) is 5.75 Å². The molecule has 1 amide bonds. The lowest BCUT2D eigenvalue weighted by molar-refractivity contribution is 0.161. The van der Waals surface area contributed by atoms with Crippen LogP contribution in [-0.2, 0) is 0 Å². The van der Waals surface area contributed by atoms with Crippen molar-refractivity contribution in [2.24, 2.45) is 0 Å². The maximum Gasteiger partial charge on any atom is 0.414 e. The minimum Gasteiger partial charge on any atom is -0.410 e. The Balaban J connectivity index is 2.15. The molecule has 0 N–H and O–H groups in total. The third-order valence-electron chi connectivity index (χ3n) is 3.87. The van der Waals surface area contributed by atoms with Gasteiger partial charge in [0.05, 0.1) is 0 Å². The van der Waals surface area contributed by atoms with Crippen molar-refractivity contribution in [3.05, 3.63) is 29.8 Å². The summed E-state index contributed by atoms with van der Waals surface area (Å²) in [4.78, 5) is 15.7. The number of carbonyl (C=O) groups is 1. The second kappa shape index (κ2) is 6.75. The van der Waals surface area contributed by atoms with Gasteiger partial charge in [0.1, 0.15) is 5.75 Å². The molecule has 0 aromatic heterocycles. The van der Waals surface area contributed by atoms with E-state index < -0.39 is 0 Å². The second-order valence-corrected chi connectivity index (χ2v) is 5.57. The number of benzene rings is 1. The predicted octanol–water partition coefficient (Wildman–Crippen LogP) is 3.29. The molecule has 0 bridgehead atoms. The molecule has 1 saturated heterocycles. The van der Waals surface area contributed by atoms with E-state index in [4.69, 9.17) is 4.74 Å². The summed E-state index contributed by atoms with van der Waals surface area (Å²) in [5.41, 5.74) is 1.09. The Morgan fingerprint density at radius 1 is 1.20 bits per heavy atom. The lowest BCUT2D eigenvalue weighted by atomic mass is 10.0. The molecule has 0 aliphatic carbocycles. The van der Waals surface area contributed by atoms with Crippen LogP contribution in [0.1, 0.15) is 37.8 Å². The summed E-state index contributed by atoms with van der Waals surface area (Å²) >= 11 is 0. The number of hydrogen-bond acceptors (Lipinski definition) is 3. The van der Waals surface area contributed by atoms with Gasteiger partial charge in [-0.2, -0.15) is 0 Å². The number of ether oxygens (including phenoxy) is 1. The lowest BCUT2D eigenvalue weighted by Gasteiger charge is -2.33. The van der Waals surface area contributed by atoms with Gasteiger partial charge in [0, 0.05) is 25.7 Å². The van der Waals surface area contributed by atoms with Gasteiger partial charge >= 0.3 is 6.09 Å². The highest BCUT2D eigenvalue weighted by Gasteiger charge is 2.22. The van der Waals surface area contributed by atoms with Crippen molar-refractivity contribution in [1.82, 2.24) is 9.80 Å².